The van der Waals surface area contributed by atoms with E-state index < -0.39 is 134 Å². The van der Waals surface area contributed by atoms with Crippen LogP contribution in [-0.2, 0) is 88.1 Å². The van der Waals surface area contributed by atoms with Crippen molar-refractivity contribution in [2.75, 3.05) is 64.0 Å². The second-order valence-corrected chi connectivity index (χ2v) is 27.0. The minimum Gasteiger partial charge on any atom is -0.394 e. The van der Waals surface area contributed by atoms with Gasteiger partial charge in [-0.2, -0.15) is 0 Å². The first kappa shape index (κ1) is 56.7. The van der Waals surface area contributed by atoms with Gasteiger partial charge < -0.3 is 79.7 Å². The number of thiol groups is 1. The number of rotatable bonds is 22. The van der Waals surface area contributed by atoms with Gasteiger partial charge in [0.25, 0.3) is 0 Å². The molecule has 77 heavy (non-hydrogen) atoms. The summed E-state index contributed by atoms with van der Waals surface area (Å²) in [6, 6.07) is 0. The van der Waals surface area contributed by atoms with Crippen LogP contribution in [-0.4, -0.2) is 190 Å². The van der Waals surface area contributed by atoms with Gasteiger partial charge in [-0.15, -0.1) is 0 Å². The summed E-state index contributed by atoms with van der Waals surface area (Å²) in [4.78, 5) is 81.7. The highest BCUT2D eigenvalue weighted by molar-refractivity contribution is 8.44. The fraction of sp³-hybridized carbons (Fsp3) is 0.571. The van der Waals surface area contributed by atoms with Gasteiger partial charge in [-0.3, -0.25) is 36.3 Å². The summed E-state index contributed by atoms with van der Waals surface area (Å²) in [5.41, 5.74) is 17.4. The third kappa shape index (κ3) is 11.5. The second kappa shape index (κ2) is 22.1. The number of aromatic nitrogens is 12. The molecule has 10 heterocycles. The lowest BCUT2D eigenvalue weighted by Gasteiger charge is -2.38. The Labute approximate surface area is 447 Å². The highest BCUT2D eigenvalue weighted by Gasteiger charge is 2.62. The first-order chi connectivity index (χ1) is 36.5. The maximum Gasteiger partial charge on any atom is 0.472 e. The van der Waals surface area contributed by atoms with Gasteiger partial charge in [-0.05, 0) is 23.6 Å². The van der Waals surface area contributed by atoms with Crippen molar-refractivity contribution in [2.24, 2.45) is 0 Å². The zero-order valence-corrected chi connectivity index (χ0v) is 45.4. The van der Waals surface area contributed by atoms with Crippen molar-refractivity contribution < 1.29 is 94.3 Å². The van der Waals surface area contributed by atoms with Crippen molar-refractivity contribution >= 4 is 115 Å². The van der Waals surface area contributed by atoms with Gasteiger partial charge in [0.05, 0.1) is 58.6 Å². The number of hydrogen-bond acceptors (Lipinski definition) is 30. The van der Waals surface area contributed by atoms with E-state index in [1.807, 2.05) is 0 Å². The maximum absolute atomic E-state index is 12.7. The highest BCUT2D eigenvalue weighted by atomic mass is 32.7. The van der Waals surface area contributed by atoms with Crippen LogP contribution < -0.4 is 17.2 Å². The molecular formula is C35H47N15O20P4S3. The van der Waals surface area contributed by atoms with Crippen LogP contribution in [0.2, 0.25) is 0 Å². The number of aliphatic hydroxyl groups is 2. The molecular weight excluding hydrogens is 1170 g/mol. The van der Waals surface area contributed by atoms with Crippen LogP contribution in [0.5, 0.6) is 0 Å². The van der Waals surface area contributed by atoms with Crippen LogP contribution in [0.3, 0.4) is 0 Å². The zero-order valence-electron chi connectivity index (χ0n) is 39.3. The second-order valence-electron chi connectivity index (χ2n) is 17.2. The van der Waals surface area contributed by atoms with Crippen molar-refractivity contribution in [1.29, 1.82) is 0 Å². The van der Waals surface area contributed by atoms with Crippen LogP contribution in [0.15, 0.2) is 38.0 Å². The van der Waals surface area contributed by atoms with Crippen molar-refractivity contribution in [3.63, 3.8) is 0 Å². The summed E-state index contributed by atoms with van der Waals surface area (Å²) in [5, 5.41) is 21.1. The van der Waals surface area contributed by atoms with Crippen LogP contribution in [0.4, 0.5) is 17.5 Å². The van der Waals surface area contributed by atoms with Crippen LogP contribution in [0.25, 0.3) is 33.5 Å². The number of ether oxygens (including phenoxy) is 5. The Bertz CT molecular complexity index is 3350. The number of fused-ring (bicyclic) bond motifs is 5. The number of phosphoric acid groups is 1. The van der Waals surface area contributed by atoms with E-state index in [0.717, 1.165) is 12.7 Å². The van der Waals surface area contributed by atoms with Crippen LogP contribution >= 0.6 is 40.3 Å². The van der Waals surface area contributed by atoms with Gasteiger partial charge in [0.2, 0.25) is 0 Å². The maximum atomic E-state index is 12.7. The number of aliphatic hydroxyl groups excluding tert-OH is 2. The molecule has 0 saturated carbocycles. The standard InChI is InChI=1S/C35H47N15O20P4S3/c1-59-21-16(7-62-71(53,54)61-5-3-51)66-33(49-13-46-18-27(37)40-10-43-30(18)49)23(21)69-73(57,76)63-6-15-20(52)22(32(65-15)48-12-45-17-26(36)39-9-42-29(17)48)68-74(58,77)64-8-35-2-4-60-24(25(35)70-72(55,56)75)34(67-35)50-14-47-19-28(38)41-11-44-31(19)50/h9-16,20-25,32-34,51-52H,2-8H2,1H3,(H,53,54)(H,57,76)(H,58,77)(H2,36,39,42)(H2,37,40,43)(H2,38,41,44)(H2,55,56,75)/t15-,16-,20?,21?,22?,23?,24?,25?,32-,33-,34-,35+,73?,74?/m1/s1. The Balaban J connectivity index is 0.894. The summed E-state index contributed by atoms with van der Waals surface area (Å²) >= 11 is 14.8. The molecule has 16 atom stereocenters. The van der Waals surface area contributed by atoms with E-state index in [0.29, 0.717) is 0 Å². The molecule has 6 aromatic rings. The molecule has 420 valence electrons. The molecule has 2 bridgehead atoms. The molecule has 12 N–H and O–H groups in total. The van der Waals surface area contributed by atoms with Crippen LogP contribution in [0, 0.1) is 0 Å². The van der Waals surface area contributed by atoms with Crippen molar-refractivity contribution in [1.82, 2.24) is 58.6 Å². The van der Waals surface area contributed by atoms with E-state index in [4.69, 9.17) is 101 Å². The monoisotopic (exact) mass is 1220 g/mol. The first-order valence-corrected chi connectivity index (χ1v) is 31.8. The number of nitrogens with zero attached hydrogens (tertiary/aromatic N) is 12. The molecule has 4 aliphatic rings. The lowest BCUT2D eigenvalue weighted by molar-refractivity contribution is -0.134. The topological polar surface area (TPSA) is 475 Å². The average Bonchev–Trinajstić information content (AvgIpc) is 4.29. The molecule has 0 aliphatic carbocycles. The normalized spacial score (nSPS) is 31.7. The number of nitrogen functional groups attached to an aromatic ring is 3. The predicted molar refractivity (Wildman–Crippen MR) is 268 cm³/mol. The highest BCUT2D eigenvalue weighted by Crippen LogP contribution is 2.59. The van der Waals surface area contributed by atoms with Crippen molar-refractivity contribution in [3.05, 3.63) is 38.0 Å². The molecule has 0 amide bonds. The Kier molecular flexibility index (Phi) is 16.2. The lowest BCUT2D eigenvalue weighted by Crippen LogP contribution is -2.52. The SMILES string of the molecule is COC1C(OP(O)(=S)OC[C@H]2O[C@@H](n3cnc4c(N)ncnc43)C(OP(O)(=S)OC[C@@]34CCOC(C3OP(=O)(O)S)[C@H](n3cnc5c(N)ncnc53)O4)C2O)[C@H](n2cnc3c(N)ncnc32)O[C@@H]1COP(=O)(O)OCCO. The number of methoxy groups -OCH3 is 1. The molecule has 4 aliphatic heterocycles. The first-order valence-electron chi connectivity index (χ1n) is 22.4. The fourth-order valence-corrected chi connectivity index (χ4v) is 13.7. The zero-order chi connectivity index (χ0) is 54.8. The van der Waals surface area contributed by atoms with E-state index in [1.165, 1.54) is 46.1 Å². The Morgan fingerprint density at radius 2 is 1.21 bits per heavy atom. The lowest BCUT2D eigenvalue weighted by atomic mass is 9.90. The average molecular weight is 1220 g/mol. The quantitative estimate of drug-likeness (QED) is 0.0295. The molecule has 35 nitrogen and oxygen atoms in total. The minimum absolute atomic E-state index is 0.000687. The van der Waals surface area contributed by atoms with Gasteiger partial charge in [0, 0.05) is 13.5 Å². The van der Waals surface area contributed by atoms with Crippen LogP contribution in [0.1, 0.15) is 25.1 Å². The predicted octanol–water partition coefficient (Wildman–Crippen LogP) is -0.742. The summed E-state index contributed by atoms with van der Waals surface area (Å²) in [5.74, 6) is 0.0474. The summed E-state index contributed by atoms with van der Waals surface area (Å²) in [6.45, 7) is -16.9. The number of imidazole rings is 3. The van der Waals surface area contributed by atoms with E-state index in [1.54, 1.807) is 0 Å². The molecule has 6 aromatic heterocycles. The molecule has 42 heteroatoms. The van der Waals surface area contributed by atoms with Crippen molar-refractivity contribution in [2.45, 2.75) is 79.5 Å². The Hall–Kier alpha value is -3.56. The van der Waals surface area contributed by atoms with E-state index in [2.05, 4.69) is 57.1 Å². The van der Waals surface area contributed by atoms with Gasteiger partial charge in [-0.25, -0.2) is 54.0 Å². The van der Waals surface area contributed by atoms with Gasteiger partial charge in [-0.1, -0.05) is 12.2 Å². The van der Waals surface area contributed by atoms with Gasteiger partial charge >= 0.3 is 28.1 Å². The molecule has 4 saturated heterocycles. The largest absolute Gasteiger partial charge is 0.472 e. The minimum atomic E-state index is -4.73. The molecule has 0 spiro atoms. The van der Waals surface area contributed by atoms with E-state index >= 15 is 0 Å². The molecule has 10 rings (SSSR count). The van der Waals surface area contributed by atoms with E-state index in [-0.39, 0.29) is 64.0 Å². The summed E-state index contributed by atoms with van der Waals surface area (Å²) < 4.78 is 99.6. The number of nitrogens with two attached hydrogens (primary N) is 3. The fourth-order valence-electron chi connectivity index (χ4n) is 9.18. The van der Waals surface area contributed by atoms with Gasteiger partial charge in [0.15, 0.2) is 53.1 Å². The van der Waals surface area contributed by atoms with Crippen molar-refractivity contribution in [3.8, 4) is 0 Å². The number of hydrogen-bond donors (Lipinski definition) is 10. The number of phosphoric ester groups is 1. The molecule has 0 aromatic carbocycles. The third-order valence-electron chi connectivity index (χ3n) is 12.5. The summed E-state index contributed by atoms with van der Waals surface area (Å²) in [7, 11) is -3.49. The number of anilines is 3. The van der Waals surface area contributed by atoms with Gasteiger partial charge in [0.1, 0.15) is 90.0 Å². The molecule has 10 unspecified atom stereocenters. The molecule has 0 radical (unpaired) electrons. The summed E-state index contributed by atoms with van der Waals surface area (Å²) in [6.07, 6.45) is -8.06. The Morgan fingerprint density at radius 3 is 1.75 bits per heavy atom. The van der Waals surface area contributed by atoms with E-state index in [9.17, 15) is 33.8 Å². The third-order valence-corrected chi connectivity index (χ3v) is 17.4. The molecule has 4 fully saturated rings. The smallest absolute Gasteiger partial charge is 0.394 e. The Morgan fingerprint density at radius 1 is 0.701 bits per heavy atom.